The van der Waals surface area contributed by atoms with Gasteiger partial charge in [0, 0.05) is 0 Å². The quantitative estimate of drug-likeness (QED) is 0.578. The summed E-state index contributed by atoms with van der Waals surface area (Å²) in [6, 6.07) is 0. The van der Waals surface area contributed by atoms with E-state index in [1.165, 1.54) is 0 Å². The van der Waals surface area contributed by atoms with Crippen molar-refractivity contribution in [3.05, 3.63) is 0 Å². The molecule has 0 unspecified atom stereocenters. The number of rotatable bonds is 0. The average molecular weight is 186 g/mol. The number of aliphatic hydroxyl groups is 1. The molecule has 0 radical (unpaired) electrons. The van der Waals surface area contributed by atoms with Gasteiger partial charge in [0.1, 0.15) is 6.10 Å². The second-order valence-corrected chi connectivity index (χ2v) is 3.69. The first-order valence-corrected chi connectivity index (χ1v) is 4.83. The van der Waals surface area contributed by atoms with E-state index in [9.17, 15) is 9.90 Å². The molecule has 0 aromatic heterocycles. The van der Waals surface area contributed by atoms with Crippen molar-refractivity contribution in [2.45, 2.75) is 50.4 Å². The highest BCUT2D eigenvalue weighted by atomic mass is 16.8. The Morgan fingerprint density at radius 3 is 2.77 bits per heavy atom. The Bertz CT molecular complexity index is 204. The Morgan fingerprint density at radius 1 is 1.15 bits per heavy atom. The summed E-state index contributed by atoms with van der Waals surface area (Å²) in [5, 5.41) is 9.64. The smallest absolute Gasteiger partial charge is 0.427 e. The Hall–Kier alpha value is -0.770. The van der Waals surface area contributed by atoms with Crippen LogP contribution in [0.5, 0.6) is 0 Å². The Kier molecular flexibility index (Phi) is 2.40. The molecule has 2 aliphatic rings. The zero-order chi connectivity index (χ0) is 9.26. The molecule has 0 aromatic rings. The van der Waals surface area contributed by atoms with Gasteiger partial charge in [-0.25, -0.2) is 4.79 Å². The van der Waals surface area contributed by atoms with Crippen LogP contribution in [0.25, 0.3) is 0 Å². The molecule has 74 valence electrons. The summed E-state index contributed by atoms with van der Waals surface area (Å²) in [7, 11) is 0. The number of hydrogen-bond acceptors (Lipinski definition) is 4. The molecular weight excluding hydrogens is 172 g/mol. The normalized spacial score (nSPS) is 39.8. The molecule has 0 spiro atoms. The molecule has 2 rings (SSSR count). The van der Waals surface area contributed by atoms with Crippen molar-refractivity contribution in [1.29, 1.82) is 0 Å². The Morgan fingerprint density at radius 2 is 1.92 bits per heavy atom. The van der Waals surface area contributed by atoms with E-state index in [0.29, 0.717) is 6.42 Å². The van der Waals surface area contributed by atoms with Gasteiger partial charge in [-0.3, -0.25) is 0 Å². The molecule has 1 aliphatic carbocycles. The van der Waals surface area contributed by atoms with Gasteiger partial charge in [0.2, 0.25) is 0 Å². The number of hydrogen-bond donors (Lipinski definition) is 1. The molecule has 1 N–H and O–H groups in total. The summed E-state index contributed by atoms with van der Waals surface area (Å²) in [6.07, 6.45) is 2.85. The summed E-state index contributed by atoms with van der Waals surface area (Å²) < 4.78 is 9.85. The summed E-state index contributed by atoms with van der Waals surface area (Å²) in [6.45, 7) is 0. The second-order valence-electron chi connectivity index (χ2n) is 3.69. The number of ether oxygens (including phenoxy) is 2. The fraction of sp³-hybridized carbons (Fsp3) is 0.889. The van der Waals surface area contributed by atoms with Crippen molar-refractivity contribution in [3.63, 3.8) is 0 Å². The van der Waals surface area contributed by atoms with Gasteiger partial charge in [0.15, 0.2) is 6.10 Å². The van der Waals surface area contributed by atoms with Gasteiger partial charge in [-0.2, -0.15) is 0 Å². The third-order valence-electron chi connectivity index (χ3n) is 2.71. The van der Waals surface area contributed by atoms with Gasteiger partial charge in [-0.1, -0.05) is 12.8 Å². The standard InChI is InChI=1S/C9H14O4/c10-6-4-2-1-3-5-7-8(6)13-9(11)12-7/h6-8,10H,1-5H2/t6-,7-,8-/m0/s1. The third kappa shape index (κ3) is 1.77. The topological polar surface area (TPSA) is 55.8 Å². The lowest BCUT2D eigenvalue weighted by atomic mass is 9.94. The molecule has 1 aliphatic heterocycles. The van der Waals surface area contributed by atoms with Crippen LogP contribution in [0, 0.1) is 0 Å². The molecule has 0 amide bonds. The van der Waals surface area contributed by atoms with Gasteiger partial charge >= 0.3 is 6.16 Å². The molecule has 0 aromatic carbocycles. The van der Waals surface area contributed by atoms with Crippen LogP contribution in [-0.2, 0) is 9.47 Å². The predicted octanol–water partition coefficient (Wildman–Crippen LogP) is 1.22. The molecule has 4 heteroatoms. The van der Waals surface area contributed by atoms with E-state index in [1.54, 1.807) is 0 Å². The van der Waals surface area contributed by atoms with Crippen molar-refractivity contribution < 1.29 is 19.4 Å². The lowest BCUT2D eigenvalue weighted by molar-refractivity contribution is 0.000150. The largest absolute Gasteiger partial charge is 0.509 e. The van der Waals surface area contributed by atoms with E-state index in [1.807, 2.05) is 0 Å². The summed E-state index contributed by atoms with van der Waals surface area (Å²) in [5.74, 6) is 0. The highest BCUT2D eigenvalue weighted by Crippen LogP contribution is 2.27. The van der Waals surface area contributed by atoms with E-state index in [2.05, 4.69) is 0 Å². The predicted molar refractivity (Wildman–Crippen MR) is 44.2 cm³/mol. The fourth-order valence-electron chi connectivity index (χ4n) is 1.99. The number of carbonyl (C=O) groups excluding carboxylic acids is 1. The van der Waals surface area contributed by atoms with Crippen molar-refractivity contribution in [2.75, 3.05) is 0 Å². The fourth-order valence-corrected chi connectivity index (χ4v) is 1.99. The number of aliphatic hydroxyl groups excluding tert-OH is 1. The van der Waals surface area contributed by atoms with Crippen molar-refractivity contribution in [2.24, 2.45) is 0 Å². The first kappa shape index (κ1) is 8.81. The maximum atomic E-state index is 10.8. The van der Waals surface area contributed by atoms with Gasteiger partial charge in [-0.05, 0) is 19.3 Å². The molecule has 1 saturated carbocycles. The number of fused-ring (bicyclic) bond motifs is 1. The maximum absolute atomic E-state index is 10.8. The molecule has 2 fully saturated rings. The minimum absolute atomic E-state index is 0.220. The molecule has 13 heavy (non-hydrogen) atoms. The van der Waals surface area contributed by atoms with Crippen LogP contribution in [0.15, 0.2) is 0 Å². The Balaban J connectivity index is 2.04. The van der Waals surface area contributed by atoms with Crippen LogP contribution in [0.2, 0.25) is 0 Å². The monoisotopic (exact) mass is 186 g/mol. The molecule has 1 heterocycles. The van der Waals surface area contributed by atoms with Crippen molar-refractivity contribution >= 4 is 6.16 Å². The van der Waals surface area contributed by atoms with Crippen molar-refractivity contribution in [3.8, 4) is 0 Å². The SMILES string of the molecule is O=C1O[C@@H]2[C@H](CCCCC[C@@H]2O)O1. The third-order valence-corrected chi connectivity index (χ3v) is 2.71. The minimum Gasteiger partial charge on any atom is -0.427 e. The summed E-state index contributed by atoms with van der Waals surface area (Å²) in [5.41, 5.74) is 0. The second kappa shape index (κ2) is 3.54. The van der Waals surface area contributed by atoms with Crippen LogP contribution in [-0.4, -0.2) is 29.6 Å². The number of carbonyl (C=O) groups is 1. The van der Waals surface area contributed by atoms with E-state index < -0.39 is 18.4 Å². The highest BCUT2D eigenvalue weighted by molar-refractivity contribution is 5.62. The van der Waals surface area contributed by atoms with E-state index in [0.717, 1.165) is 25.7 Å². The van der Waals surface area contributed by atoms with Crippen LogP contribution in [0.3, 0.4) is 0 Å². The molecule has 0 bridgehead atoms. The van der Waals surface area contributed by atoms with Crippen LogP contribution in [0.1, 0.15) is 32.1 Å². The van der Waals surface area contributed by atoms with Gasteiger partial charge in [0.25, 0.3) is 0 Å². The van der Waals surface area contributed by atoms with Crippen LogP contribution >= 0.6 is 0 Å². The summed E-state index contributed by atoms with van der Waals surface area (Å²) in [4.78, 5) is 10.8. The molecular formula is C9H14O4. The zero-order valence-corrected chi connectivity index (χ0v) is 7.44. The van der Waals surface area contributed by atoms with Gasteiger partial charge < -0.3 is 14.6 Å². The van der Waals surface area contributed by atoms with Gasteiger partial charge in [0.05, 0.1) is 6.10 Å². The maximum Gasteiger partial charge on any atom is 0.509 e. The lowest BCUT2D eigenvalue weighted by Gasteiger charge is -2.23. The lowest BCUT2D eigenvalue weighted by Crippen LogP contribution is -2.36. The first-order chi connectivity index (χ1) is 6.27. The average Bonchev–Trinajstić information content (AvgIpc) is 2.43. The zero-order valence-electron chi connectivity index (χ0n) is 7.44. The van der Waals surface area contributed by atoms with Crippen LogP contribution < -0.4 is 0 Å². The van der Waals surface area contributed by atoms with E-state index in [4.69, 9.17) is 9.47 Å². The minimum atomic E-state index is -0.629. The first-order valence-electron chi connectivity index (χ1n) is 4.83. The highest BCUT2D eigenvalue weighted by Gasteiger charge is 2.41. The summed E-state index contributed by atoms with van der Waals surface area (Å²) >= 11 is 0. The molecule has 4 nitrogen and oxygen atoms in total. The molecule has 1 saturated heterocycles. The van der Waals surface area contributed by atoms with E-state index in [-0.39, 0.29) is 6.10 Å². The van der Waals surface area contributed by atoms with Gasteiger partial charge in [-0.15, -0.1) is 0 Å². The van der Waals surface area contributed by atoms with Crippen LogP contribution in [0.4, 0.5) is 4.79 Å². The molecule has 3 atom stereocenters. The van der Waals surface area contributed by atoms with Crippen molar-refractivity contribution in [1.82, 2.24) is 0 Å². The Labute approximate surface area is 76.8 Å². The van der Waals surface area contributed by atoms with E-state index >= 15 is 0 Å².